The van der Waals surface area contributed by atoms with Crippen molar-refractivity contribution >= 4 is 19.7 Å². The highest BCUT2D eigenvalue weighted by Gasteiger charge is 2.27. The van der Waals surface area contributed by atoms with Crippen molar-refractivity contribution in [2.24, 2.45) is 0 Å². The molecular weight excluding hydrogens is 892 g/mol. The third kappa shape index (κ3) is 51.6. The maximum Gasteiger partial charge on any atom is 0.306 e. The van der Waals surface area contributed by atoms with E-state index in [-0.39, 0.29) is 31.5 Å². The number of nitrogens with zero attached hydrogens (tertiary/aromatic N) is 1. The van der Waals surface area contributed by atoms with Crippen LogP contribution in [0.15, 0.2) is 12.2 Å². The molecule has 0 spiro atoms. The van der Waals surface area contributed by atoms with Crippen molar-refractivity contribution in [2.45, 2.75) is 322 Å². The Bertz CT molecular complexity index is 1210. The number of likely N-dealkylation sites (N-methyl/N-ethyl adjacent to an activating group) is 1. The van der Waals surface area contributed by atoms with Crippen LogP contribution >= 0.6 is 7.82 Å². The number of allylic oxidation sites excluding steroid dienone is 1. The molecule has 0 aromatic carbocycles. The van der Waals surface area contributed by atoms with E-state index in [2.05, 4.69) is 26.1 Å². The molecule has 0 bridgehead atoms. The van der Waals surface area contributed by atoms with Crippen LogP contribution in [0.2, 0.25) is 0 Å². The van der Waals surface area contributed by atoms with E-state index in [9.17, 15) is 19.0 Å². The van der Waals surface area contributed by atoms with Gasteiger partial charge in [-0.1, -0.05) is 277 Å². The Morgan fingerprint density at radius 3 is 1.17 bits per heavy atom. The Balaban J connectivity index is 5.24. The molecule has 0 saturated heterocycles. The molecule has 1 amide bonds. The number of unbranched alkanes of at least 4 members (excludes halogenated alkanes) is 40. The number of carbonyl (C=O) groups is 2. The highest BCUT2D eigenvalue weighted by Crippen LogP contribution is 2.38. The molecular formula is C60H119N2O7P. The topological polar surface area (TPSA) is 114 Å². The van der Waals surface area contributed by atoms with Crippen LogP contribution in [0.4, 0.5) is 0 Å². The zero-order chi connectivity index (χ0) is 51.5. The van der Waals surface area contributed by atoms with Gasteiger partial charge in [0.05, 0.1) is 33.8 Å². The van der Waals surface area contributed by atoms with Gasteiger partial charge in [-0.2, -0.15) is 0 Å². The summed E-state index contributed by atoms with van der Waals surface area (Å²) in [6, 6.07) is -0.878. The number of rotatable bonds is 56. The number of carbonyl (C=O) groups excluding carboxylic acids is 2. The van der Waals surface area contributed by atoms with Gasteiger partial charge in [-0.25, -0.2) is 0 Å². The quantitative estimate of drug-likeness (QED) is 0.0212. The summed E-state index contributed by atoms with van der Waals surface area (Å²) in [5.41, 5.74) is 0. The maximum absolute atomic E-state index is 13.5. The van der Waals surface area contributed by atoms with Gasteiger partial charge in [0.1, 0.15) is 19.3 Å². The van der Waals surface area contributed by atoms with Crippen molar-refractivity contribution < 1.29 is 37.3 Å². The van der Waals surface area contributed by atoms with Crippen LogP contribution in [0.25, 0.3) is 0 Å². The molecule has 0 rings (SSSR count). The van der Waals surface area contributed by atoms with Crippen LogP contribution in [-0.2, 0) is 27.9 Å². The Morgan fingerprint density at radius 1 is 0.486 bits per heavy atom. The molecule has 3 atom stereocenters. The number of hydrogen-bond donors (Lipinski definition) is 1. The smallest absolute Gasteiger partial charge is 0.306 e. The van der Waals surface area contributed by atoms with E-state index >= 15 is 0 Å². The van der Waals surface area contributed by atoms with Gasteiger partial charge in [-0.05, 0) is 31.8 Å². The van der Waals surface area contributed by atoms with E-state index < -0.39 is 20.0 Å². The summed E-state index contributed by atoms with van der Waals surface area (Å²) in [7, 11) is 1.21. The fourth-order valence-corrected chi connectivity index (χ4v) is 9.95. The summed E-state index contributed by atoms with van der Waals surface area (Å²) >= 11 is 0. The molecule has 0 aromatic rings. The molecule has 416 valence electrons. The second-order valence-electron chi connectivity index (χ2n) is 22.2. The SMILES string of the molecule is CCCCCCCCCCCC/C=C/C(OC(=O)CCCCCCCCCCCCCCCCCCC)C(COP(=O)([O-])OCC[N+](C)(C)C)NC(=O)CCCCCCCCCCCCCCCCC. The number of phosphoric acid groups is 1. The predicted octanol–water partition coefficient (Wildman–Crippen LogP) is 17.8. The fourth-order valence-electron chi connectivity index (χ4n) is 9.23. The van der Waals surface area contributed by atoms with Gasteiger partial charge in [-0.3, -0.25) is 14.2 Å². The Labute approximate surface area is 435 Å². The van der Waals surface area contributed by atoms with E-state index in [1.165, 1.54) is 218 Å². The molecule has 0 radical (unpaired) electrons. The Morgan fingerprint density at radius 2 is 0.814 bits per heavy atom. The van der Waals surface area contributed by atoms with Crippen LogP contribution in [0.5, 0.6) is 0 Å². The lowest BCUT2D eigenvalue weighted by atomic mass is 10.0. The van der Waals surface area contributed by atoms with E-state index in [4.69, 9.17) is 13.8 Å². The Kier molecular flexibility index (Phi) is 50.3. The van der Waals surface area contributed by atoms with Crippen LogP contribution in [-0.4, -0.2) is 69.4 Å². The number of ether oxygens (including phenoxy) is 1. The van der Waals surface area contributed by atoms with Gasteiger partial charge in [0.2, 0.25) is 5.91 Å². The van der Waals surface area contributed by atoms with Crippen LogP contribution < -0.4 is 10.2 Å². The van der Waals surface area contributed by atoms with Crippen molar-refractivity contribution in [3.63, 3.8) is 0 Å². The number of amides is 1. The first-order chi connectivity index (χ1) is 33.9. The van der Waals surface area contributed by atoms with Crippen LogP contribution in [0.1, 0.15) is 310 Å². The van der Waals surface area contributed by atoms with Gasteiger partial charge in [0.15, 0.2) is 0 Å². The van der Waals surface area contributed by atoms with Gasteiger partial charge < -0.3 is 28.5 Å². The monoisotopic (exact) mass is 1010 g/mol. The lowest BCUT2D eigenvalue weighted by molar-refractivity contribution is -0.870. The largest absolute Gasteiger partial charge is 0.756 e. The van der Waals surface area contributed by atoms with E-state index in [1.807, 2.05) is 33.3 Å². The van der Waals surface area contributed by atoms with E-state index in [0.717, 1.165) is 57.8 Å². The zero-order valence-electron chi connectivity index (χ0n) is 47.5. The van der Waals surface area contributed by atoms with E-state index in [0.29, 0.717) is 17.4 Å². The standard InChI is InChI=1S/C60H119N2O7P/c1-7-10-13-16-19-22-25-28-30-31-33-35-38-41-44-47-50-53-60(64)69-58(51-48-45-42-39-36-27-24-21-18-15-12-9-3)57(56-68-70(65,66)67-55-54-62(4,5)6)61-59(63)52-49-46-43-40-37-34-32-29-26-23-20-17-14-11-8-2/h48,51,57-58H,7-47,49-50,52-56H2,1-6H3,(H-,61,63,65,66)/b51-48+. The third-order valence-corrected chi connectivity index (χ3v) is 14.9. The molecule has 0 heterocycles. The minimum atomic E-state index is -4.69. The summed E-state index contributed by atoms with van der Waals surface area (Å²) in [5, 5.41) is 3.03. The number of phosphoric ester groups is 1. The number of hydrogen-bond acceptors (Lipinski definition) is 7. The third-order valence-electron chi connectivity index (χ3n) is 14.0. The average Bonchev–Trinajstić information content (AvgIpc) is 3.32. The molecule has 0 saturated carbocycles. The lowest BCUT2D eigenvalue weighted by Gasteiger charge is -2.30. The van der Waals surface area contributed by atoms with Crippen LogP contribution in [0, 0.1) is 0 Å². The second-order valence-corrected chi connectivity index (χ2v) is 23.6. The number of nitrogens with one attached hydrogen (secondary N) is 1. The highest BCUT2D eigenvalue weighted by molar-refractivity contribution is 7.45. The molecule has 3 unspecified atom stereocenters. The van der Waals surface area contributed by atoms with Crippen molar-refractivity contribution in [3.05, 3.63) is 12.2 Å². The summed E-state index contributed by atoms with van der Waals surface area (Å²) in [4.78, 5) is 39.9. The zero-order valence-corrected chi connectivity index (χ0v) is 48.4. The minimum Gasteiger partial charge on any atom is -0.756 e. The highest BCUT2D eigenvalue weighted by atomic mass is 31.2. The van der Waals surface area contributed by atoms with Crippen molar-refractivity contribution in [1.29, 1.82) is 0 Å². The first kappa shape index (κ1) is 68.8. The molecule has 1 N–H and O–H groups in total. The molecule has 70 heavy (non-hydrogen) atoms. The molecule has 9 nitrogen and oxygen atoms in total. The predicted molar refractivity (Wildman–Crippen MR) is 298 cm³/mol. The molecule has 10 heteroatoms. The Hall–Kier alpha value is -1.25. The van der Waals surface area contributed by atoms with Crippen LogP contribution in [0.3, 0.4) is 0 Å². The molecule has 0 aromatic heterocycles. The normalized spacial score (nSPS) is 13.8. The summed E-state index contributed by atoms with van der Waals surface area (Å²) in [6.45, 7) is 6.89. The second kappa shape index (κ2) is 51.2. The summed E-state index contributed by atoms with van der Waals surface area (Å²) in [6.07, 6.45) is 57.4. The summed E-state index contributed by atoms with van der Waals surface area (Å²) < 4.78 is 30.3. The first-order valence-corrected chi connectivity index (χ1v) is 32.0. The van der Waals surface area contributed by atoms with Gasteiger partial charge in [-0.15, -0.1) is 0 Å². The first-order valence-electron chi connectivity index (χ1n) is 30.5. The van der Waals surface area contributed by atoms with Crippen molar-refractivity contribution in [1.82, 2.24) is 5.32 Å². The van der Waals surface area contributed by atoms with Gasteiger partial charge in [0.25, 0.3) is 7.82 Å². The van der Waals surface area contributed by atoms with Crippen molar-refractivity contribution in [3.8, 4) is 0 Å². The molecule has 0 fully saturated rings. The molecule has 0 aliphatic heterocycles. The van der Waals surface area contributed by atoms with Crippen molar-refractivity contribution in [2.75, 3.05) is 40.9 Å². The maximum atomic E-state index is 13.5. The number of esters is 1. The van der Waals surface area contributed by atoms with E-state index in [1.54, 1.807) is 0 Å². The van der Waals surface area contributed by atoms with Gasteiger partial charge >= 0.3 is 5.97 Å². The molecule has 0 aliphatic rings. The summed E-state index contributed by atoms with van der Waals surface area (Å²) in [5.74, 6) is -0.520. The molecule has 0 aliphatic carbocycles. The minimum absolute atomic E-state index is 0.0168. The lowest BCUT2D eigenvalue weighted by Crippen LogP contribution is -2.47. The average molecular weight is 1010 g/mol. The van der Waals surface area contributed by atoms with Gasteiger partial charge in [0, 0.05) is 12.8 Å². The number of quaternary nitrogens is 1. The fraction of sp³-hybridized carbons (Fsp3) is 0.933.